The third-order valence-corrected chi connectivity index (χ3v) is 7.49. The predicted octanol–water partition coefficient (Wildman–Crippen LogP) is 3.37. The predicted molar refractivity (Wildman–Crippen MR) is 155 cm³/mol. The molecule has 1 unspecified atom stereocenters. The number of aliphatic hydroxyl groups is 1. The van der Waals surface area contributed by atoms with Crippen LogP contribution in [0, 0.1) is 28.9 Å². The lowest BCUT2D eigenvalue weighted by Gasteiger charge is -2.45. The van der Waals surface area contributed by atoms with Crippen LogP contribution >= 0.6 is 0 Å². The van der Waals surface area contributed by atoms with Crippen molar-refractivity contribution in [3.8, 4) is 0 Å². The van der Waals surface area contributed by atoms with E-state index < -0.39 is 46.9 Å². The number of aliphatic hydroxyl groups excluding tert-OH is 1. The van der Waals surface area contributed by atoms with Crippen LogP contribution in [0.25, 0.3) is 0 Å². The van der Waals surface area contributed by atoms with Gasteiger partial charge >= 0.3 is 0 Å². The summed E-state index contributed by atoms with van der Waals surface area (Å²) in [7, 11) is 0. The molecule has 0 bridgehead atoms. The fraction of sp³-hybridized carbons (Fsp3) is 0.581. The third kappa shape index (κ3) is 9.19. The number of nitrogens with two attached hydrogens (primary N) is 2. The average Bonchev–Trinajstić information content (AvgIpc) is 2.87. The quantitative estimate of drug-likeness (QED) is 0.239. The van der Waals surface area contributed by atoms with Gasteiger partial charge < -0.3 is 26.8 Å². The van der Waals surface area contributed by atoms with Crippen LogP contribution in [-0.2, 0) is 20.8 Å². The van der Waals surface area contributed by atoms with E-state index in [4.69, 9.17) is 11.5 Å². The molecule has 0 spiro atoms. The van der Waals surface area contributed by atoms with Gasteiger partial charge in [0.15, 0.2) is 0 Å². The molecule has 0 aliphatic heterocycles. The molecule has 0 aromatic heterocycles. The molecule has 1 aliphatic carbocycles. The molecule has 8 nitrogen and oxygen atoms in total. The summed E-state index contributed by atoms with van der Waals surface area (Å²) < 4.78 is 28.6. The van der Waals surface area contributed by atoms with Crippen molar-refractivity contribution in [3.05, 3.63) is 58.7 Å². The number of primary amides is 2. The first-order chi connectivity index (χ1) is 19.2. The molecule has 3 amide bonds. The molecule has 6 N–H and O–H groups in total. The molecular weight excluding hydrogens is 530 g/mol. The minimum absolute atomic E-state index is 0.0867. The number of rotatable bonds is 16. The lowest BCUT2D eigenvalue weighted by molar-refractivity contribution is -0.145. The number of allylic oxidation sites excluding steroid dienone is 2. The van der Waals surface area contributed by atoms with Gasteiger partial charge in [-0.25, -0.2) is 8.78 Å². The third-order valence-electron chi connectivity index (χ3n) is 7.49. The smallest absolute Gasteiger partial charge is 0.244 e. The van der Waals surface area contributed by atoms with E-state index in [9.17, 15) is 28.3 Å². The highest BCUT2D eigenvalue weighted by atomic mass is 19.1. The van der Waals surface area contributed by atoms with Crippen molar-refractivity contribution in [2.24, 2.45) is 28.7 Å². The van der Waals surface area contributed by atoms with Gasteiger partial charge in [0.2, 0.25) is 17.7 Å². The van der Waals surface area contributed by atoms with E-state index in [0.717, 1.165) is 6.07 Å². The number of hydrogen-bond acceptors (Lipinski definition) is 5. The summed E-state index contributed by atoms with van der Waals surface area (Å²) in [6.45, 7) is 10.3. The van der Waals surface area contributed by atoms with Gasteiger partial charge in [-0.2, -0.15) is 0 Å². The zero-order valence-corrected chi connectivity index (χ0v) is 24.9. The van der Waals surface area contributed by atoms with Gasteiger partial charge in [0.25, 0.3) is 0 Å². The maximum absolute atomic E-state index is 14.5. The first kappa shape index (κ1) is 34.1. The van der Waals surface area contributed by atoms with Gasteiger partial charge in [0, 0.05) is 37.2 Å². The van der Waals surface area contributed by atoms with E-state index in [1.54, 1.807) is 24.0 Å². The van der Waals surface area contributed by atoms with Crippen molar-refractivity contribution < 1.29 is 28.3 Å². The van der Waals surface area contributed by atoms with E-state index in [0.29, 0.717) is 37.9 Å². The van der Waals surface area contributed by atoms with Crippen LogP contribution < -0.4 is 16.8 Å². The number of nitrogens with zero attached hydrogens (tertiary/aromatic N) is 1. The number of nitrogens with one attached hydrogen (secondary N) is 1. The van der Waals surface area contributed by atoms with Crippen molar-refractivity contribution in [2.45, 2.75) is 78.9 Å². The van der Waals surface area contributed by atoms with Crippen LogP contribution in [-0.4, -0.2) is 59.5 Å². The highest BCUT2D eigenvalue weighted by Gasteiger charge is 2.50. The Kier molecular flexibility index (Phi) is 12.6. The van der Waals surface area contributed by atoms with Crippen molar-refractivity contribution in [3.63, 3.8) is 0 Å². The Labute approximate surface area is 242 Å². The number of amides is 3. The van der Waals surface area contributed by atoms with E-state index in [1.807, 2.05) is 27.7 Å². The Morgan fingerprint density at radius 3 is 2.15 bits per heavy atom. The molecule has 0 heterocycles. The van der Waals surface area contributed by atoms with Crippen LogP contribution in [0.1, 0.15) is 65.9 Å². The Bertz CT molecular complexity index is 1130. The number of hydrogen-bond donors (Lipinski definition) is 4. The summed E-state index contributed by atoms with van der Waals surface area (Å²) in [6.07, 6.45) is 3.70. The first-order valence-corrected chi connectivity index (χ1v) is 14.4. The van der Waals surface area contributed by atoms with Crippen molar-refractivity contribution >= 4 is 17.7 Å². The van der Waals surface area contributed by atoms with Crippen LogP contribution in [0.4, 0.5) is 8.78 Å². The Balaban J connectivity index is 2.70. The summed E-state index contributed by atoms with van der Waals surface area (Å²) >= 11 is 0. The normalized spacial score (nSPS) is 19.2. The van der Waals surface area contributed by atoms with Crippen molar-refractivity contribution in [1.29, 1.82) is 0 Å². The highest BCUT2D eigenvalue weighted by Crippen LogP contribution is 2.45. The molecular formula is C31H46F2N4O4. The molecule has 4 atom stereocenters. The molecule has 41 heavy (non-hydrogen) atoms. The number of carbonyl (C=O) groups is 3. The second-order valence-electron chi connectivity index (χ2n) is 11.6. The lowest BCUT2D eigenvalue weighted by atomic mass is 9.63. The summed E-state index contributed by atoms with van der Waals surface area (Å²) in [4.78, 5) is 40.8. The number of halogens is 2. The fourth-order valence-corrected chi connectivity index (χ4v) is 5.80. The Hall–Kier alpha value is -3.11. The summed E-state index contributed by atoms with van der Waals surface area (Å²) in [6, 6.07) is 2.35. The standard InChI is InChI=1S/C31H46F2N4O4/c1-6-8-37(9-7-2)30(41)31(16-20(5)11-22(17-31)28(34)39)25(14-21-12-23(32)15-24(33)13-21)27(38)18-36-26(29(35)40)10-19(3)4/h11-13,15-16,19,25-27,36,38H,6-10,14,17-18H2,1-5H3,(H2,34,39)(H2,35,40)/t25-,26+,27+,31?/m1/s1. The molecule has 0 fully saturated rings. The van der Waals surface area contributed by atoms with Gasteiger partial charge in [-0.1, -0.05) is 45.4 Å². The SMILES string of the molecule is CCCN(CCC)C(=O)C1([C@H](Cc2cc(F)cc(F)c2)[C@@H](O)CN[C@@H](CC(C)C)C(N)=O)C=C(C)C=C(C(N)=O)C1. The minimum atomic E-state index is -1.46. The van der Waals surface area contributed by atoms with E-state index in [1.165, 1.54) is 12.1 Å². The summed E-state index contributed by atoms with van der Waals surface area (Å²) in [5.74, 6) is -3.97. The molecule has 2 rings (SSSR count). The van der Waals surface area contributed by atoms with Gasteiger partial charge in [-0.3, -0.25) is 14.4 Å². The first-order valence-electron chi connectivity index (χ1n) is 14.4. The van der Waals surface area contributed by atoms with Crippen LogP contribution in [0.3, 0.4) is 0 Å². The fourth-order valence-electron chi connectivity index (χ4n) is 5.80. The second kappa shape index (κ2) is 15.2. The maximum Gasteiger partial charge on any atom is 0.244 e. The number of benzene rings is 1. The minimum Gasteiger partial charge on any atom is -0.391 e. The Morgan fingerprint density at radius 2 is 1.66 bits per heavy atom. The van der Waals surface area contributed by atoms with Gasteiger partial charge in [-0.05, 0) is 62.6 Å². The highest BCUT2D eigenvalue weighted by molar-refractivity contribution is 5.96. The van der Waals surface area contributed by atoms with Crippen molar-refractivity contribution in [1.82, 2.24) is 10.2 Å². The van der Waals surface area contributed by atoms with Crippen molar-refractivity contribution in [2.75, 3.05) is 19.6 Å². The summed E-state index contributed by atoms with van der Waals surface area (Å²) in [5, 5.41) is 14.8. The molecule has 0 saturated heterocycles. The molecule has 0 saturated carbocycles. The topological polar surface area (TPSA) is 139 Å². The van der Waals surface area contributed by atoms with Crippen LogP contribution in [0.15, 0.2) is 41.5 Å². The maximum atomic E-state index is 14.5. The van der Waals surface area contributed by atoms with E-state index in [2.05, 4.69) is 5.32 Å². The lowest BCUT2D eigenvalue weighted by Crippen LogP contribution is -2.55. The van der Waals surface area contributed by atoms with Crippen LogP contribution in [0.2, 0.25) is 0 Å². The molecule has 1 aliphatic rings. The zero-order valence-electron chi connectivity index (χ0n) is 24.9. The molecule has 1 aromatic carbocycles. The van der Waals surface area contributed by atoms with Gasteiger partial charge in [0.05, 0.1) is 17.6 Å². The molecule has 1 aromatic rings. The van der Waals surface area contributed by atoms with E-state index in [-0.39, 0.29) is 42.3 Å². The Morgan fingerprint density at radius 1 is 1.07 bits per heavy atom. The average molecular weight is 577 g/mol. The van der Waals surface area contributed by atoms with Crippen LogP contribution in [0.5, 0.6) is 0 Å². The molecule has 10 heteroatoms. The molecule has 0 radical (unpaired) electrons. The van der Waals surface area contributed by atoms with Gasteiger partial charge in [0.1, 0.15) is 11.6 Å². The summed E-state index contributed by atoms with van der Waals surface area (Å²) in [5.41, 5.74) is 10.9. The van der Waals surface area contributed by atoms with E-state index >= 15 is 0 Å². The number of carbonyl (C=O) groups excluding carboxylic acids is 3. The second-order valence-corrected chi connectivity index (χ2v) is 11.6. The zero-order chi connectivity index (χ0) is 30.9. The monoisotopic (exact) mass is 576 g/mol. The molecule has 228 valence electrons. The largest absolute Gasteiger partial charge is 0.391 e. The van der Waals surface area contributed by atoms with Gasteiger partial charge in [-0.15, -0.1) is 0 Å².